The number of para-hydroxylation sites is 1. The van der Waals surface area contributed by atoms with E-state index in [1.54, 1.807) is 30.3 Å². The van der Waals surface area contributed by atoms with Crippen LogP contribution in [0.1, 0.15) is 11.3 Å². The number of hydrogen-bond donors (Lipinski definition) is 1. The largest absolute Gasteiger partial charge is 0.335 e. The van der Waals surface area contributed by atoms with Crippen molar-refractivity contribution in [3.63, 3.8) is 0 Å². The van der Waals surface area contributed by atoms with E-state index >= 15 is 0 Å². The molecule has 0 unspecified atom stereocenters. The number of amides is 4. The van der Waals surface area contributed by atoms with Gasteiger partial charge >= 0.3 is 6.03 Å². The van der Waals surface area contributed by atoms with E-state index in [0.717, 1.165) is 27.5 Å². The maximum atomic E-state index is 13.4. The highest BCUT2D eigenvalue weighted by atomic mass is 79.9. The van der Waals surface area contributed by atoms with Crippen LogP contribution in [0.5, 0.6) is 0 Å². The summed E-state index contributed by atoms with van der Waals surface area (Å²) in [6.45, 7) is 1.97. The fourth-order valence-corrected chi connectivity index (χ4v) is 4.62. The van der Waals surface area contributed by atoms with Crippen LogP contribution >= 0.6 is 15.9 Å². The van der Waals surface area contributed by atoms with Gasteiger partial charge in [-0.2, -0.15) is 0 Å². The molecule has 2 heterocycles. The Morgan fingerprint density at radius 3 is 2.14 bits per heavy atom. The molecule has 1 aliphatic heterocycles. The van der Waals surface area contributed by atoms with Crippen LogP contribution in [0.25, 0.3) is 23.0 Å². The van der Waals surface area contributed by atoms with Crippen LogP contribution in [0.4, 0.5) is 10.5 Å². The number of carbonyl (C=O) groups is 3. The summed E-state index contributed by atoms with van der Waals surface area (Å²) in [4.78, 5) is 39.8. The van der Waals surface area contributed by atoms with Gasteiger partial charge in [0.05, 0.1) is 11.4 Å². The minimum absolute atomic E-state index is 0.119. The number of aromatic nitrogens is 1. The molecule has 3 aromatic carbocycles. The number of imide groups is 2. The van der Waals surface area contributed by atoms with E-state index in [2.05, 4.69) is 25.8 Å². The summed E-state index contributed by atoms with van der Waals surface area (Å²) in [6, 6.07) is 27.6. The quantitative estimate of drug-likeness (QED) is 0.267. The molecule has 1 aliphatic rings. The van der Waals surface area contributed by atoms with Crippen molar-refractivity contribution in [2.75, 3.05) is 4.90 Å². The Hall–Kier alpha value is -4.23. The van der Waals surface area contributed by atoms with E-state index in [4.69, 9.17) is 0 Å². The van der Waals surface area contributed by atoms with Crippen LogP contribution in [0, 0.1) is 6.92 Å². The molecule has 0 radical (unpaired) electrons. The van der Waals surface area contributed by atoms with Crippen molar-refractivity contribution in [1.29, 1.82) is 0 Å². The summed E-state index contributed by atoms with van der Waals surface area (Å²) >= 11 is 3.36. The molecule has 6 nitrogen and oxygen atoms in total. The van der Waals surface area contributed by atoms with Gasteiger partial charge in [0.15, 0.2) is 0 Å². The average molecular weight is 526 g/mol. The van der Waals surface area contributed by atoms with E-state index in [-0.39, 0.29) is 5.57 Å². The number of hydrogen-bond acceptors (Lipinski definition) is 3. The van der Waals surface area contributed by atoms with Gasteiger partial charge in [0.1, 0.15) is 5.57 Å². The van der Waals surface area contributed by atoms with Gasteiger partial charge in [-0.1, -0.05) is 70.5 Å². The van der Waals surface area contributed by atoms with Crippen molar-refractivity contribution < 1.29 is 14.4 Å². The van der Waals surface area contributed by atoms with Gasteiger partial charge in [0.2, 0.25) is 0 Å². The van der Waals surface area contributed by atoms with Crippen LogP contribution in [-0.4, -0.2) is 22.4 Å². The number of halogens is 1. The topological polar surface area (TPSA) is 71.4 Å². The molecule has 0 saturated carbocycles. The zero-order chi connectivity index (χ0) is 24.5. The van der Waals surface area contributed by atoms with Crippen LogP contribution in [0.15, 0.2) is 101 Å². The first-order chi connectivity index (χ1) is 16.9. The fourth-order valence-electron chi connectivity index (χ4n) is 4.24. The zero-order valence-electron chi connectivity index (χ0n) is 18.7. The summed E-state index contributed by atoms with van der Waals surface area (Å²) in [7, 11) is 0. The monoisotopic (exact) mass is 525 g/mol. The Bertz CT molecular complexity index is 1490. The van der Waals surface area contributed by atoms with Crippen molar-refractivity contribution in [1.82, 2.24) is 9.88 Å². The van der Waals surface area contributed by atoms with Crippen molar-refractivity contribution in [3.05, 3.63) is 112 Å². The standard InChI is InChI=1S/C28H20BrN3O3/c1-18-15-20(25(19-9-4-2-5-10-19)31(18)22-12-6-3-7-13-22)16-24-26(33)30-28(35)32(27(24)34)23-14-8-11-21(29)17-23/h2-17H,1H3,(H,30,33,35)/b24-16+. The Morgan fingerprint density at radius 2 is 1.46 bits per heavy atom. The Balaban J connectivity index is 1.68. The third kappa shape index (κ3) is 4.22. The first kappa shape index (κ1) is 22.6. The number of urea groups is 1. The second-order valence-electron chi connectivity index (χ2n) is 8.06. The first-order valence-corrected chi connectivity index (χ1v) is 11.7. The molecule has 1 saturated heterocycles. The van der Waals surface area contributed by atoms with Gasteiger partial charge in [0, 0.05) is 21.4 Å². The molecule has 0 spiro atoms. The van der Waals surface area contributed by atoms with Crippen LogP contribution in [0.2, 0.25) is 0 Å². The summed E-state index contributed by atoms with van der Waals surface area (Å²) in [6.07, 6.45) is 1.56. The molecular formula is C28H20BrN3O3. The fraction of sp³-hybridized carbons (Fsp3) is 0.0357. The Kier molecular flexibility index (Phi) is 5.93. The molecule has 0 atom stereocenters. The summed E-state index contributed by atoms with van der Waals surface area (Å²) < 4.78 is 2.80. The van der Waals surface area contributed by atoms with E-state index in [1.807, 2.05) is 73.7 Å². The van der Waals surface area contributed by atoms with Crippen LogP contribution < -0.4 is 10.2 Å². The molecule has 172 valence electrons. The molecule has 1 aromatic heterocycles. The summed E-state index contributed by atoms with van der Waals surface area (Å²) in [5.74, 6) is -1.41. The number of nitrogens with zero attached hydrogens (tertiary/aromatic N) is 2. The molecular weight excluding hydrogens is 506 g/mol. The van der Waals surface area contributed by atoms with E-state index in [1.165, 1.54) is 0 Å². The Labute approximate surface area is 210 Å². The summed E-state index contributed by atoms with van der Waals surface area (Å²) in [5.41, 5.74) is 4.60. The molecule has 35 heavy (non-hydrogen) atoms. The molecule has 0 bridgehead atoms. The molecule has 0 aliphatic carbocycles. The predicted octanol–water partition coefficient (Wildman–Crippen LogP) is 5.88. The second-order valence-corrected chi connectivity index (χ2v) is 8.98. The van der Waals surface area contributed by atoms with Crippen LogP contribution in [-0.2, 0) is 9.59 Å². The van der Waals surface area contributed by atoms with Crippen molar-refractivity contribution >= 4 is 45.5 Å². The van der Waals surface area contributed by atoms with Gasteiger partial charge in [-0.15, -0.1) is 0 Å². The van der Waals surface area contributed by atoms with E-state index in [0.29, 0.717) is 15.7 Å². The van der Waals surface area contributed by atoms with Gasteiger partial charge in [-0.25, -0.2) is 9.69 Å². The highest BCUT2D eigenvalue weighted by molar-refractivity contribution is 9.10. The molecule has 7 heteroatoms. The highest BCUT2D eigenvalue weighted by Gasteiger charge is 2.37. The smallest absolute Gasteiger partial charge is 0.313 e. The predicted molar refractivity (Wildman–Crippen MR) is 139 cm³/mol. The molecule has 4 amide bonds. The number of benzene rings is 3. The number of anilines is 1. The van der Waals surface area contributed by atoms with E-state index in [9.17, 15) is 14.4 Å². The van der Waals surface area contributed by atoms with Gasteiger partial charge in [-0.3, -0.25) is 14.9 Å². The van der Waals surface area contributed by atoms with E-state index < -0.39 is 17.8 Å². The minimum Gasteiger partial charge on any atom is -0.313 e. The first-order valence-electron chi connectivity index (χ1n) is 10.9. The number of nitrogens with one attached hydrogen (secondary N) is 1. The number of rotatable bonds is 4. The van der Waals surface area contributed by atoms with Gasteiger partial charge in [-0.05, 0) is 55.0 Å². The third-order valence-electron chi connectivity index (χ3n) is 5.74. The average Bonchev–Trinajstić information content (AvgIpc) is 3.18. The molecule has 1 fully saturated rings. The lowest BCUT2D eigenvalue weighted by Crippen LogP contribution is -2.54. The molecule has 5 rings (SSSR count). The zero-order valence-corrected chi connectivity index (χ0v) is 20.3. The SMILES string of the molecule is Cc1cc(/C=C2\C(=O)NC(=O)N(c3cccc(Br)c3)C2=O)c(-c2ccccc2)n1-c1ccccc1. The highest BCUT2D eigenvalue weighted by Crippen LogP contribution is 2.33. The minimum atomic E-state index is -0.781. The lowest BCUT2D eigenvalue weighted by Gasteiger charge is -2.26. The van der Waals surface area contributed by atoms with Gasteiger partial charge < -0.3 is 4.57 Å². The van der Waals surface area contributed by atoms with Crippen LogP contribution in [0.3, 0.4) is 0 Å². The molecule has 1 N–H and O–H groups in total. The van der Waals surface area contributed by atoms with Crippen molar-refractivity contribution in [3.8, 4) is 16.9 Å². The van der Waals surface area contributed by atoms with Gasteiger partial charge in [0.25, 0.3) is 11.8 Å². The Morgan fingerprint density at radius 1 is 0.800 bits per heavy atom. The molecule has 4 aromatic rings. The third-order valence-corrected chi connectivity index (χ3v) is 6.24. The normalized spacial score (nSPS) is 15.0. The maximum Gasteiger partial charge on any atom is 0.335 e. The number of barbiturate groups is 1. The summed E-state index contributed by atoms with van der Waals surface area (Å²) in [5, 5.41) is 2.30. The number of carbonyl (C=O) groups excluding carboxylic acids is 3. The number of aryl methyl sites for hydroxylation is 1. The van der Waals surface area contributed by atoms with Crippen molar-refractivity contribution in [2.45, 2.75) is 6.92 Å². The second kappa shape index (κ2) is 9.19. The maximum absolute atomic E-state index is 13.4. The lowest BCUT2D eigenvalue weighted by molar-refractivity contribution is -0.122. The van der Waals surface area contributed by atoms with Crippen molar-refractivity contribution in [2.24, 2.45) is 0 Å². The lowest BCUT2D eigenvalue weighted by atomic mass is 10.0.